The first kappa shape index (κ1) is 71.1. The van der Waals surface area contributed by atoms with Crippen LogP contribution >= 0.6 is 0 Å². The van der Waals surface area contributed by atoms with Crippen LogP contribution in [0.25, 0.3) is 11.3 Å². The number of carboxylic acid groups (broad SMARTS) is 1. The Morgan fingerprint density at radius 2 is 1.20 bits per heavy atom. The molecule has 0 saturated carbocycles. The SMILES string of the molecule is CC(C)(C)[C@H](c1nc(-c2cc(F)ccc2F)cn1Cc1ccccc1)N(CC1CNCC1CNC(=O)CCOCCOCCOCCOCCOCCOCCOCCOCCNC(=O)CCN1C(=O)C=CC1=O)C(=O)CO.O=C(O)C(F)(F)F. The lowest BCUT2D eigenvalue weighted by Gasteiger charge is -2.41. The van der Waals surface area contributed by atoms with E-state index in [4.69, 9.17) is 52.8 Å². The van der Waals surface area contributed by atoms with Crippen LogP contribution in [0.5, 0.6) is 0 Å². The smallest absolute Gasteiger partial charge is 0.475 e. The molecule has 0 bridgehead atoms. The molecule has 0 radical (unpaired) electrons. The molecule has 0 spiro atoms. The number of hydrogen-bond acceptors (Lipinski definition) is 17. The molecule has 1 fully saturated rings. The summed E-state index contributed by atoms with van der Waals surface area (Å²) in [6.45, 7) is 13.7. The van der Waals surface area contributed by atoms with Crippen LogP contribution in [0.4, 0.5) is 22.0 Å². The molecule has 5 rings (SSSR count). The zero-order chi connectivity index (χ0) is 62.0. The molecule has 1 saturated heterocycles. The van der Waals surface area contributed by atoms with Gasteiger partial charge in [0.05, 0.1) is 117 Å². The molecule has 2 unspecified atom stereocenters. The van der Waals surface area contributed by atoms with Crippen molar-refractivity contribution in [2.75, 3.05) is 152 Å². The van der Waals surface area contributed by atoms with Gasteiger partial charge in [-0.05, 0) is 41.0 Å². The molecule has 474 valence electrons. The Morgan fingerprint density at radius 3 is 1.71 bits per heavy atom. The number of carboxylic acids is 1. The van der Waals surface area contributed by atoms with Crippen LogP contribution in [0.15, 0.2) is 66.9 Å². The summed E-state index contributed by atoms with van der Waals surface area (Å²) in [4.78, 5) is 78.0. The molecule has 3 aromatic rings. The number of aliphatic carboxylic acids is 1. The van der Waals surface area contributed by atoms with E-state index < -0.39 is 59.6 Å². The summed E-state index contributed by atoms with van der Waals surface area (Å²) >= 11 is 0. The summed E-state index contributed by atoms with van der Waals surface area (Å²) < 4.78 is 107. The van der Waals surface area contributed by atoms with Crippen molar-refractivity contribution < 1.29 is 98.8 Å². The number of imide groups is 1. The maximum atomic E-state index is 15.2. The van der Waals surface area contributed by atoms with Crippen molar-refractivity contribution in [1.29, 1.82) is 0 Å². The maximum absolute atomic E-state index is 15.2. The van der Waals surface area contributed by atoms with Crippen molar-refractivity contribution in [3.05, 3.63) is 89.9 Å². The number of nitrogens with one attached hydrogen (secondary N) is 3. The fourth-order valence-electron chi connectivity index (χ4n) is 8.66. The Bertz CT molecular complexity index is 2520. The average Bonchev–Trinajstić information content (AvgIpc) is 2.08. The fourth-order valence-corrected chi connectivity index (χ4v) is 8.66. The van der Waals surface area contributed by atoms with Gasteiger partial charge in [0.25, 0.3) is 11.8 Å². The fraction of sp³-hybridized carbons (Fsp3) is 0.596. The molecule has 5 amide bonds. The number of benzene rings is 2. The summed E-state index contributed by atoms with van der Waals surface area (Å²) in [5.41, 5.74) is 0.541. The molecule has 1 aromatic heterocycles. The van der Waals surface area contributed by atoms with Crippen molar-refractivity contribution in [1.82, 2.24) is 35.3 Å². The predicted molar refractivity (Wildman–Crippen MR) is 295 cm³/mol. The lowest BCUT2D eigenvalue weighted by Crippen LogP contribution is -2.47. The van der Waals surface area contributed by atoms with E-state index in [1.165, 1.54) is 12.2 Å². The van der Waals surface area contributed by atoms with E-state index in [9.17, 15) is 46.6 Å². The molecule has 5 N–H and O–H groups in total. The van der Waals surface area contributed by atoms with Crippen molar-refractivity contribution in [3.63, 3.8) is 0 Å². The third-order valence-corrected chi connectivity index (χ3v) is 12.9. The lowest BCUT2D eigenvalue weighted by atomic mass is 9.83. The van der Waals surface area contributed by atoms with E-state index in [1.54, 1.807) is 11.1 Å². The average molecular weight is 1210 g/mol. The molecule has 2 aliphatic heterocycles. The summed E-state index contributed by atoms with van der Waals surface area (Å²) in [5, 5.41) is 26.5. The van der Waals surface area contributed by atoms with Gasteiger partial charge >= 0.3 is 12.1 Å². The molecule has 0 aliphatic carbocycles. The number of imidazole rings is 1. The molecule has 85 heavy (non-hydrogen) atoms. The molecule has 3 atom stereocenters. The van der Waals surface area contributed by atoms with Gasteiger partial charge in [0.2, 0.25) is 17.7 Å². The molecule has 23 nitrogen and oxygen atoms in total. The van der Waals surface area contributed by atoms with E-state index in [1.807, 2.05) is 55.7 Å². The minimum Gasteiger partial charge on any atom is -0.475 e. The second-order valence-corrected chi connectivity index (χ2v) is 20.4. The predicted octanol–water partition coefficient (Wildman–Crippen LogP) is 3.32. The number of carbonyl (C=O) groups is 6. The highest BCUT2D eigenvalue weighted by molar-refractivity contribution is 6.13. The first-order valence-electron chi connectivity index (χ1n) is 27.9. The molecule has 3 heterocycles. The monoisotopic (exact) mass is 1210 g/mol. The van der Waals surface area contributed by atoms with Crippen LogP contribution in [-0.4, -0.2) is 223 Å². The van der Waals surface area contributed by atoms with E-state index >= 15 is 4.39 Å². The highest BCUT2D eigenvalue weighted by Crippen LogP contribution is 2.40. The standard InChI is InChI=1S/C55H79F2N7O14.C2HF3O2/c1-55(2,3)53(54-61-47(45-33-44(56)9-10-46(45)57)39-62(54)37-41-7-5-4-6-8-41)64(52(70)40-65)38-43-35-58-34-42(43)36-60-49(67)14-17-71-19-21-73-23-25-75-27-29-77-31-32-78-30-28-76-26-24-74-22-20-72-18-15-59-48(66)13-16-63-50(68)11-12-51(63)69;3-2(4,5)1(6)7/h4-12,33,39,42-43,53,58,65H,13-32,34-38,40H2,1-3H3,(H,59,66)(H,60,67);(H,6,7)/t42?,43?,53-;/m0./s1. The van der Waals surface area contributed by atoms with Crippen LogP contribution in [0.1, 0.15) is 51.0 Å². The molecule has 2 aromatic carbocycles. The number of carbonyl (C=O) groups excluding carboxylic acids is 5. The van der Waals surface area contributed by atoms with Gasteiger partial charge in [-0.15, -0.1) is 0 Å². The number of amides is 5. The van der Waals surface area contributed by atoms with Gasteiger partial charge in [0.1, 0.15) is 24.1 Å². The second-order valence-electron chi connectivity index (χ2n) is 20.4. The maximum Gasteiger partial charge on any atom is 0.490 e. The highest BCUT2D eigenvalue weighted by atomic mass is 19.4. The van der Waals surface area contributed by atoms with Gasteiger partial charge in [0, 0.05) is 82.6 Å². The van der Waals surface area contributed by atoms with Crippen molar-refractivity contribution >= 4 is 35.5 Å². The van der Waals surface area contributed by atoms with Crippen molar-refractivity contribution in [3.8, 4) is 11.3 Å². The summed E-state index contributed by atoms with van der Waals surface area (Å²) in [6.07, 6.45) is -0.843. The Hall–Kier alpha value is -6.34. The molecular formula is C57H80F5N7O16. The zero-order valence-corrected chi connectivity index (χ0v) is 48.3. The number of ether oxygens (including phenoxy) is 8. The van der Waals surface area contributed by atoms with E-state index in [2.05, 4.69) is 16.0 Å². The number of rotatable bonds is 40. The van der Waals surface area contributed by atoms with Gasteiger partial charge in [-0.25, -0.2) is 18.6 Å². The first-order valence-corrected chi connectivity index (χ1v) is 27.9. The second kappa shape index (κ2) is 38.7. The van der Waals surface area contributed by atoms with Gasteiger partial charge in [-0.3, -0.25) is 28.9 Å². The summed E-state index contributed by atoms with van der Waals surface area (Å²) in [7, 11) is 0. The number of nitrogens with zero attached hydrogens (tertiary/aromatic N) is 4. The normalized spacial score (nSPS) is 15.5. The van der Waals surface area contributed by atoms with Crippen LogP contribution in [0.2, 0.25) is 0 Å². The van der Waals surface area contributed by atoms with Gasteiger partial charge in [-0.1, -0.05) is 51.1 Å². The Kier molecular flexibility index (Phi) is 32.4. The minimum atomic E-state index is -5.08. The van der Waals surface area contributed by atoms with Crippen LogP contribution < -0.4 is 16.0 Å². The van der Waals surface area contributed by atoms with Crippen LogP contribution in [-0.2, 0) is 73.2 Å². The summed E-state index contributed by atoms with van der Waals surface area (Å²) in [6, 6.07) is 12.2. The summed E-state index contributed by atoms with van der Waals surface area (Å²) in [5.74, 6) is -5.40. The third-order valence-electron chi connectivity index (χ3n) is 12.9. The number of aliphatic hydroxyl groups excluding tert-OH is 1. The quantitative estimate of drug-likeness (QED) is 0.0310. The minimum absolute atomic E-state index is 0.000934. The first-order chi connectivity index (χ1) is 40.7. The topological polar surface area (TPSA) is 277 Å². The Morgan fingerprint density at radius 1 is 0.706 bits per heavy atom. The van der Waals surface area contributed by atoms with Gasteiger partial charge in [0.15, 0.2) is 0 Å². The van der Waals surface area contributed by atoms with Gasteiger partial charge < -0.3 is 73.5 Å². The van der Waals surface area contributed by atoms with E-state index in [0.29, 0.717) is 138 Å². The zero-order valence-electron chi connectivity index (χ0n) is 48.3. The number of alkyl halides is 3. The molecule has 2 aliphatic rings. The van der Waals surface area contributed by atoms with Crippen molar-refractivity contribution in [2.45, 2.75) is 52.4 Å². The number of halogens is 5. The number of aromatic nitrogens is 2. The highest BCUT2D eigenvalue weighted by Gasteiger charge is 2.41. The third kappa shape index (κ3) is 27.3. The molecule has 28 heteroatoms. The van der Waals surface area contributed by atoms with Gasteiger partial charge in [-0.2, -0.15) is 13.2 Å². The van der Waals surface area contributed by atoms with Crippen molar-refractivity contribution in [2.24, 2.45) is 17.3 Å². The Balaban J connectivity index is 0.00000208. The lowest BCUT2D eigenvalue weighted by molar-refractivity contribution is -0.192. The Labute approximate surface area is 490 Å². The van der Waals surface area contributed by atoms with Crippen LogP contribution in [0.3, 0.4) is 0 Å². The largest absolute Gasteiger partial charge is 0.490 e. The van der Waals surface area contributed by atoms with E-state index in [-0.39, 0.29) is 67.4 Å². The number of aliphatic hydroxyl groups is 1. The number of hydrogen-bond donors (Lipinski definition) is 5. The van der Waals surface area contributed by atoms with Crippen LogP contribution in [0, 0.1) is 28.9 Å². The van der Waals surface area contributed by atoms with E-state index in [0.717, 1.165) is 28.7 Å². The molecular weight excluding hydrogens is 1130 g/mol.